The maximum Gasteiger partial charge on any atom is 0.442 e. The van der Waals surface area contributed by atoms with Gasteiger partial charge in [0.2, 0.25) is 11.8 Å². The Labute approximate surface area is 266 Å². The average Bonchev–Trinajstić information content (AvgIpc) is 3.33. The summed E-state index contributed by atoms with van der Waals surface area (Å²) < 4.78 is 59.6. The minimum Gasteiger partial charge on any atom is -0.489 e. The molecule has 4 rings (SSSR count). The van der Waals surface area contributed by atoms with E-state index in [1.165, 1.54) is 37.3 Å². The number of benzene rings is 2. The predicted molar refractivity (Wildman–Crippen MR) is 160 cm³/mol. The van der Waals surface area contributed by atoms with E-state index in [0.29, 0.717) is 40.0 Å². The molecule has 0 fully saturated rings. The molecule has 10 nitrogen and oxygen atoms in total. The van der Waals surface area contributed by atoms with E-state index in [2.05, 4.69) is 10.1 Å². The van der Waals surface area contributed by atoms with E-state index in [9.17, 15) is 22.8 Å². The van der Waals surface area contributed by atoms with Crippen molar-refractivity contribution in [2.45, 2.75) is 65.3 Å². The van der Waals surface area contributed by atoms with Crippen molar-refractivity contribution in [3.05, 3.63) is 86.8 Å². The number of carbonyl (C=O) groups is 1. The first kappa shape index (κ1) is 35.3. The van der Waals surface area contributed by atoms with Crippen LogP contribution in [0.3, 0.4) is 0 Å². The van der Waals surface area contributed by atoms with Crippen molar-refractivity contribution < 1.29 is 41.7 Å². The van der Waals surface area contributed by atoms with Gasteiger partial charge in [-0.1, -0.05) is 44.0 Å². The number of halogens is 5. The average molecular weight is 672 g/mol. The normalized spacial score (nSPS) is 12.3. The Balaban J connectivity index is 0.000000246. The molecule has 1 atom stereocenters. The number of carboxylic acids is 1. The smallest absolute Gasteiger partial charge is 0.442 e. The fourth-order valence-corrected chi connectivity index (χ4v) is 3.84. The first-order chi connectivity index (χ1) is 20.8. The van der Waals surface area contributed by atoms with Crippen molar-refractivity contribution in [2.24, 2.45) is 0 Å². The van der Waals surface area contributed by atoms with E-state index in [1.54, 1.807) is 6.07 Å². The Morgan fingerprint density at radius 3 is 2.07 bits per heavy atom. The molecule has 0 aliphatic carbocycles. The molecule has 0 aliphatic rings. The number of pyridine rings is 1. The van der Waals surface area contributed by atoms with Crippen LogP contribution in [0.25, 0.3) is 5.69 Å². The Morgan fingerprint density at radius 2 is 1.58 bits per heavy atom. The van der Waals surface area contributed by atoms with Gasteiger partial charge in [0.25, 0.3) is 0 Å². The quantitative estimate of drug-likeness (QED) is 0.198. The van der Waals surface area contributed by atoms with Gasteiger partial charge in [0.15, 0.2) is 6.10 Å². The highest BCUT2D eigenvalue weighted by Crippen LogP contribution is 2.34. The molecule has 1 unspecified atom stereocenters. The van der Waals surface area contributed by atoms with Crippen molar-refractivity contribution in [1.29, 1.82) is 0 Å². The van der Waals surface area contributed by atoms with Gasteiger partial charge >= 0.3 is 17.9 Å². The number of hydrogen-bond donors (Lipinski definition) is 1. The van der Waals surface area contributed by atoms with Crippen LogP contribution in [0.2, 0.25) is 10.0 Å². The first-order valence-electron chi connectivity index (χ1n) is 13.3. The maximum atomic E-state index is 12.4. The van der Waals surface area contributed by atoms with Crippen LogP contribution in [0, 0.1) is 0 Å². The minimum atomic E-state index is -4.45. The van der Waals surface area contributed by atoms with Crippen molar-refractivity contribution >= 4 is 29.2 Å². The molecular formula is C30H30Cl2F3N3O7. The highest BCUT2D eigenvalue weighted by atomic mass is 35.5. The molecule has 0 bridgehead atoms. The zero-order valence-corrected chi connectivity index (χ0v) is 26.5. The van der Waals surface area contributed by atoms with Crippen LogP contribution in [-0.4, -0.2) is 38.0 Å². The Bertz CT molecular complexity index is 1660. The lowest BCUT2D eigenvalue weighted by Crippen LogP contribution is -2.22. The SMILES string of the molecule is CC(C)Oc1cc(-n2nc(C(C)(C)C)oc2=O)c(Cl)cc1Cl.CC(Oc1ccc(Oc2ccc(C(F)(F)F)cn2)cc1)C(=O)O. The first-order valence-corrected chi connectivity index (χ1v) is 14.1. The molecule has 45 heavy (non-hydrogen) atoms. The summed E-state index contributed by atoms with van der Waals surface area (Å²) in [6.45, 7) is 10.9. The number of rotatable bonds is 8. The highest BCUT2D eigenvalue weighted by Gasteiger charge is 2.30. The third-order valence-corrected chi connectivity index (χ3v) is 6.15. The Hall–Kier alpha value is -4.23. The Kier molecular flexibility index (Phi) is 11.2. The number of hydrogen-bond acceptors (Lipinski definition) is 8. The van der Waals surface area contributed by atoms with E-state index in [4.69, 9.17) is 46.9 Å². The number of nitrogens with zero attached hydrogens (tertiary/aromatic N) is 3. The molecule has 4 aromatic rings. The number of aromatic nitrogens is 3. The van der Waals surface area contributed by atoms with Gasteiger partial charge in [0, 0.05) is 23.7 Å². The van der Waals surface area contributed by atoms with Gasteiger partial charge in [0.05, 0.1) is 27.4 Å². The van der Waals surface area contributed by atoms with Crippen LogP contribution < -0.4 is 20.0 Å². The van der Waals surface area contributed by atoms with Crippen LogP contribution in [0.1, 0.15) is 53.0 Å². The fourth-order valence-electron chi connectivity index (χ4n) is 3.33. The summed E-state index contributed by atoms with van der Waals surface area (Å²) >= 11 is 12.3. The summed E-state index contributed by atoms with van der Waals surface area (Å²) in [6.07, 6.45) is -4.84. The van der Waals surface area contributed by atoms with Crippen LogP contribution in [0.5, 0.6) is 23.1 Å². The minimum absolute atomic E-state index is 0.00516. The van der Waals surface area contributed by atoms with E-state index < -0.39 is 29.6 Å². The monoisotopic (exact) mass is 671 g/mol. The third kappa shape index (κ3) is 9.88. The summed E-state index contributed by atoms with van der Waals surface area (Å²) in [4.78, 5) is 26.3. The molecule has 0 amide bonds. The maximum absolute atomic E-state index is 12.4. The highest BCUT2D eigenvalue weighted by molar-refractivity contribution is 6.36. The van der Waals surface area contributed by atoms with Gasteiger partial charge in [-0.15, -0.1) is 5.10 Å². The summed E-state index contributed by atoms with van der Waals surface area (Å²) in [6, 6.07) is 11.0. The van der Waals surface area contributed by atoms with Crippen LogP contribution >= 0.6 is 23.2 Å². The molecular weight excluding hydrogens is 642 g/mol. The second-order valence-electron chi connectivity index (χ2n) is 10.8. The van der Waals surface area contributed by atoms with Gasteiger partial charge in [-0.2, -0.15) is 17.9 Å². The number of ether oxygens (including phenoxy) is 3. The van der Waals surface area contributed by atoms with Crippen LogP contribution in [0.4, 0.5) is 13.2 Å². The molecule has 2 aromatic carbocycles. The molecule has 2 heterocycles. The molecule has 1 N–H and O–H groups in total. The number of alkyl halides is 3. The van der Waals surface area contributed by atoms with E-state index >= 15 is 0 Å². The molecule has 2 aromatic heterocycles. The molecule has 0 saturated heterocycles. The lowest BCUT2D eigenvalue weighted by molar-refractivity contribution is -0.144. The van der Waals surface area contributed by atoms with Crippen molar-refractivity contribution in [1.82, 2.24) is 14.8 Å². The van der Waals surface area contributed by atoms with Crippen molar-refractivity contribution in [3.63, 3.8) is 0 Å². The molecule has 0 radical (unpaired) electrons. The van der Waals surface area contributed by atoms with Gasteiger partial charge < -0.3 is 23.7 Å². The second kappa shape index (κ2) is 14.2. The molecule has 242 valence electrons. The van der Waals surface area contributed by atoms with Gasteiger partial charge in [0.1, 0.15) is 17.2 Å². The summed E-state index contributed by atoms with van der Waals surface area (Å²) in [5, 5.41) is 13.6. The van der Waals surface area contributed by atoms with Crippen LogP contribution in [0.15, 0.2) is 63.9 Å². The summed E-state index contributed by atoms with van der Waals surface area (Å²) in [5.74, 6) is -0.284. The van der Waals surface area contributed by atoms with Crippen molar-refractivity contribution in [3.8, 4) is 28.8 Å². The van der Waals surface area contributed by atoms with Crippen LogP contribution in [-0.2, 0) is 16.4 Å². The number of aliphatic carboxylic acids is 1. The lowest BCUT2D eigenvalue weighted by atomic mass is 9.97. The Morgan fingerprint density at radius 1 is 0.956 bits per heavy atom. The summed E-state index contributed by atoms with van der Waals surface area (Å²) in [5.41, 5.74) is -0.886. The topological polar surface area (TPSA) is 126 Å². The molecule has 15 heteroatoms. The third-order valence-electron chi connectivity index (χ3n) is 5.55. The standard InChI is InChI=1S/C15H18Cl2N2O3.C15H12F3NO4/c1-8(2)21-12-7-11(9(16)6-10(12)17)19-14(20)22-13(18-19)15(3,4)5;1-9(14(20)21)22-11-3-5-12(6-4-11)23-13-7-2-10(8-19-13)15(16,17)18/h6-8H,1-5H3;2-9H,1H3,(H,20,21). The lowest BCUT2D eigenvalue weighted by Gasteiger charge is -2.13. The van der Waals surface area contributed by atoms with E-state index in [0.717, 1.165) is 16.8 Å². The predicted octanol–water partition coefficient (Wildman–Crippen LogP) is 7.96. The molecule has 0 spiro atoms. The molecule has 0 aliphatic heterocycles. The number of carboxylic acid groups (broad SMARTS) is 1. The van der Waals surface area contributed by atoms with Crippen molar-refractivity contribution in [2.75, 3.05) is 0 Å². The van der Waals surface area contributed by atoms with E-state index in [1.807, 2.05) is 34.6 Å². The van der Waals surface area contributed by atoms with Gasteiger partial charge in [-0.3, -0.25) is 0 Å². The van der Waals surface area contributed by atoms with Gasteiger partial charge in [-0.05, 0) is 57.2 Å². The fraction of sp³-hybridized carbons (Fsp3) is 0.333. The van der Waals surface area contributed by atoms with E-state index in [-0.39, 0.29) is 22.4 Å². The largest absolute Gasteiger partial charge is 0.489 e. The summed E-state index contributed by atoms with van der Waals surface area (Å²) in [7, 11) is 0. The molecule has 0 saturated carbocycles. The zero-order valence-electron chi connectivity index (χ0n) is 25.0. The zero-order chi connectivity index (χ0) is 33.7. The second-order valence-corrected chi connectivity index (χ2v) is 11.6. The van der Waals surface area contributed by atoms with Gasteiger partial charge in [-0.25, -0.2) is 14.6 Å².